The van der Waals surface area contributed by atoms with Crippen LogP contribution in [0.25, 0.3) is 5.82 Å². The van der Waals surface area contributed by atoms with Crippen LogP contribution in [-0.2, 0) is 12.7 Å². The van der Waals surface area contributed by atoms with E-state index >= 15 is 0 Å². The van der Waals surface area contributed by atoms with Crippen LogP contribution in [0.2, 0.25) is 0 Å². The van der Waals surface area contributed by atoms with Crippen molar-refractivity contribution in [2.75, 3.05) is 56.2 Å². The van der Waals surface area contributed by atoms with E-state index in [2.05, 4.69) is 35.8 Å². The topological polar surface area (TPSA) is 103 Å². The number of alkyl halides is 3. The third-order valence-corrected chi connectivity index (χ3v) is 6.84. The van der Waals surface area contributed by atoms with E-state index in [4.69, 9.17) is 0 Å². The molecule has 2 aromatic carbocycles. The molecule has 214 valence electrons. The summed E-state index contributed by atoms with van der Waals surface area (Å²) in [6.07, 6.45) is 0.202. The van der Waals surface area contributed by atoms with Crippen LogP contribution in [0.5, 0.6) is 0 Å². The van der Waals surface area contributed by atoms with Crippen molar-refractivity contribution in [3.05, 3.63) is 83.9 Å². The minimum absolute atomic E-state index is 0.0718. The zero-order valence-corrected chi connectivity index (χ0v) is 22.6. The van der Waals surface area contributed by atoms with Crippen molar-refractivity contribution < 1.29 is 18.0 Å². The first-order valence-electron chi connectivity index (χ1n) is 13.0. The molecule has 5 rings (SSSR count). The lowest BCUT2D eigenvalue weighted by Crippen LogP contribution is -2.44. The van der Waals surface area contributed by atoms with Crippen LogP contribution < -0.4 is 16.0 Å². The third-order valence-electron chi connectivity index (χ3n) is 6.84. The number of likely N-dealkylation sites (N-methyl/N-ethyl adjacent to an activating group) is 1. The number of hydrogen-bond donors (Lipinski definition) is 3. The average molecular weight is 566 g/mol. The largest absolute Gasteiger partial charge is 0.416 e. The number of carbonyl (C=O) groups is 1. The number of carbonyl (C=O) groups excluding carboxylic acids is 1. The number of piperazine rings is 1. The Hall–Kier alpha value is -4.49. The predicted octanol–water partition coefficient (Wildman–Crippen LogP) is 4.47. The zero-order valence-electron chi connectivity index (χ0n) is 22.6. The van der Waals surface area contributed by atoms with Crippen molar-refractivity contribution in [3.8, 4) is 5.82 Å². The van der Waals surface area contributed by atoms with Crippen LogP contribution in [0.1, 0.15) is 21.5 Å². The summed E-state index contributed by atoms with van der Waals surface area (Å²) in [5, 5.41) is 8.85. The van der Waals surface area contributed by atoms with E-state index < -0.39 is 17.6 Å². The van der Waals surface area contributed by atoms with Gasteiger partial charge in [-0.3, -0.25) is 14.3 Å². The molecule has 10 nitrogen and oxygen atoms in total. The molecule has 0 unspecified atom stereocenters. The number of benzene rings is 2. The Morgan fingerprint density at radius 1 is 0.976 bits per heavy atom. The number of nitrogens with one attached hydrogen (secondary N) is 3. The first-order valence-corrected chi connectivity index (χ1v) is 13.0. The Balaban J connectivity index is 1.31. The first-order chi connectivity index (χ1) is 19.7. The molecule has 3 N–H and O–H groups in total. The lowest BCUT2D eigenvalue weighted by molar-refractivity contribution is -0.138. The van der Waals surface area contributed by atoms with Crippen LogP contribution in [-0.4, -0.2) is 75.5 Å². The number of hydrogen-bond acceptors (Lipinski definition) is 8. The summed E-state index contributed by atoms with van der Waals surface area (Å²) in [7, 11) is 3.75. The normalized spacial score (nSPS) is 14.6. The van der Waals surface area contributed by atoms with Crippen LogP contribution in [0, 0.1) is 0 Å². The van der Waals surface area contributed by atoms with Gasteiger partial charge in [0.1, 0.15) is 18.0 Å². The highest BCUT2D eigenvalue weighted by Crippen LogP contribution is 2.34. The summed E-state index contributed by atoms with van der Waals surface area (Å²) in [5.41, 5.74) is 0.310. The van der Waals surface area contributed by atoms with Crippen LogP contribution in [0.3, 0.4) is 0 Å². The standard InChI is InChI=1S/C28H30F3N9O/c1-32-24-16-25(35-18-34-24)40-9-8-33-27(40)37-22-5-3-4-21(15-22)36-26(41)19-6-7-20(23(14-19)28(29,30)31)17-39-12-10-38(2)11-13-39/h3-9,14-16,18H,10-13,17H2,1-2H3,(H,33,37)(H,36,41)(H,32,34,35). The molecule has 4 aromatic rings. The minimum Gasteiger partial charge on any atom is -0.373 e. The second kappa shape index (κ2) is 11.9. The maximum absolute atomic E-state index is 14.0. The molecular formula is C28H30F3N9O. The average Bonchev–Trinajstić information content (AvgIpc) is 3.42. The molecule has 41 heavy (non-hydrogen) atoms. The molecule has 3 heterocycles. The monoisotopic (exact) mass is 565 g/mol. The number of halogens is 3. The molecule has 0 bridgehead atoms. The van der Waals surface area contributed by atoms with Crippen LogP contribution in [0.15, 0.2) is 67.3 Å². The van der Waals surface area contributed by atoms with Gasteiger partial charge in [0.15, 0.2) is 0 Å². The van der Waals surface area contributed by atoms with Crippen molar-refractivity contribution in [2.45, 2.75) is 12.7 Å². The zero-order chi connectivity index (χ0) is 29.0. The summed E-state index contributed by atoms with van der Waals surface area (Å²) in [4.78, 5) is 29.9. The predicted molar refractivity (Wildman–Crippen MR) is 151 cm³/mol. The van der Waals surface area contributed by atoms with Crippen molar-refractivity contribution in [1.29, 1.82) is 0 Å². The molecule has 0 radical (unpaired) electrons. The number of rotatable bonds is 8. The van der Waals surface area contributed by atoms with E-state index in [1.807, 2.05) is 11.9 Å². The maximum atomic E-state index is 14.0. The SMILES string of the molecule is CNc1cc(-n2ccnc2Nc2cccc(NC(=O)c3ccc(CN4CCN(C)CC4)c(C(F)(F)F)c3)c2)ncn1. The lowest BCUT2D eigenvalue weighted by Gasteiger charge is -2.33. The van der Waals surface area contributed by atoms with Gasteiger partial charge < -0.3 is 20.9 Å². The number of imidazole rings is 1. The Labute approximate surface area is 235 Å². The Bertz CT molecular complexity index is 1510. The van der Waals surface area contributed by atoms with Gasteiger partial charge >= 0.3 is 6.18 Å². The number of aromatic nitrogens is 4. The second-order valence-corrected chi connectivity index (χ2v) is 9.74. The van der Waals surface area contributed by atoms with E-state index in [-0.39, 0.29) is 17.7 Å². The van der Waals surface area contributed by atoms with E-state index in [1.165, 1.54) is 18.5 Å². The highest BCUT2D eigenvalue weighted by Gasteiger charge is 2.34. The highest BCUT2D eigenvalue weighted by molar-refractivity contribution is 6.04. The summed E-state index contributed by atoms with van der Waals surface area (Å²) in [5.74, 6) is 1.06. The Morgan fingerprint density at radius 3 is 2.51 bits per heavy atom. The van der Waals surface area contributed by atoms with Crippen LogP contribution in [0.4, 0.5) is 36.3 Å². The molecule has 1 saturated heterocycles. The van der Waals surface area contributed by atoms with Gasteiger partial charge in [-0.1, -0.05) is 12.1 Å². The molecule has 1 aliphatic heterocycles. The van der Waals surface area contributed by atoms with Gasteiger partial charge in [0.25, 0.3) is 5.91 Å². The molecular weight excluding hydrogens is 535 g/mol. The molecule has 1 amide bonds. The highest BCUT2D eigenvalue weighted by atomic mass is 19.4. The van der Waals surface area contributed by atoms with Crippen molar-refractivity contribution in [3.63, 3.8) is 0 Å². The van der Waals surface area contributed by atoms with Gasteiger partial charge in [0.05, 0.1) is 5.56 Å². The summed E-state index contributed by atoms with van der Waals surface area (Å²) in [6, 6.07) is 12.4. The third kappa shape index (κ3) is 6.81. The quantitative estimate of drug-likeness (QED) is 0.288. The fourth-order valence-electron chi connectivity index (χ4n) is 4.57. The van der Waals surface area contributed by atoms with Crippen molar-refractivity contribution in [1.82, 2.24) is 29.3 Å². The molecule has 1 aliphatic rings. The van der Waals surface area contributed by atoms with E-state index in [9.17, 15) is 18.0 Å². The molecule has 2 aromatic heterocycles. The Morgan fingerprint density at radius 2 is 1.76 bits per heavy atom. The van der Waals surface area contributed by atoms with Gasteiger partial charge in [0.2, 0.25) is 5.95 Å². The van der Waals surface area contributed by atoms with E-state index in [0.717, 1.165) is 19.2 Å². The van der Waals surface area contributed by atoms with Gasteiger partial charge in [-0.25, -0.2) is 15.0 Å². The summed E-state index contributed by atoms with van der Waals surface area (Å²) < 4.78 is 43.7. The number of anilines is 4. The molecule has 13 heteroatoms. The van der Waals surface area contributed by atoms with Gasteiger partial charge in [-0.05, 0) is 42.9 Å². The lowest BCUT2D eigenvalue weighted by atomic mass is 10.0. The smallest absolute Gasteiger partial charge is 0.373 e. The molecule has 0 aliphatic carbocycles. The summed E-state index contributed by atoms with van der Waals surface area (Å²) >= 11 is 0. The fraction of sp³-hybridized carbons (Fsp3) is 0.286. The van der Waals surface area contributed by atoms with Crippen molar-refractivity contribution in [2.24, 2.45) is 0 Å². The molecule has 0 atom stereocenters. The Kier molecular flexibility index (Phi) is 8.17. The summed E-state index contributed by atoms with van der Waals surface area (Å²) in [6.45, 7) is 3.16. The minimum atomic E-state index is -4.58. The first kappa shape index (κ1) is 28.1. The second-order valence-electron chi connectivity index (χ2n) is 9.74. The van der Waals surface area contributed by atoms with E-state index in [1.54, 1.807) is 54.3 Å². The molecule has 0 spiro atoms. The van der Waals surface area contributed by atoms with Gasteiger partial charge in [-0.15, -0.1) is 0 Å². The van der Waals surface area contributed by atoms with Crippen LogP contribution >= 0.6 is 0 Å². The molecule has 0 saturated carbocycles. The maximum Gasteiger partial charge on any atom is 0.416 e. The van der Waals surface area contributed by atoms with E-state index in [0.29, 0.717) is 42.0 Å². The number of nitrogens with zero attached hydrogens (tertiary/aromatic N) is 6. The van der Waals surface area contributed by atoms with Gasteiger partial charge in [0, 0.05) is 75.2 Å². The van der Waals surface area contributed by atoms with Crippen molar-refractivity contribution >= 4 is 29.0 Å². The van der Waals surface area contributed by atoms with Gasteiger partial charge in [-0.2, -0.15) is 13.2 Å². The molecule has 1 fully saturated rings. The fourth-order valence-corrected chi connectivity index (χ4v) is 4.57. The number of amides is 1.